The van der Waals surface area contributed by atoms with Gasteiger partial charge < -0.3 is 14.7 Å². The summed E-state index contributed by atoms with van der Waals surface area (Å²) in [7, 11) is 3.93. The molecule has 0 N–H and O–H groups in total. The summed E-state index contributed by atoms with van der Waals surface area (Å²) in [5.41, 5.74) is 0.840. The maximum absolute atomic E-state index is 12.8. The molecule has 2 rings (SSSR count). The Balaban J connectivity index is 2.10. The second kappa shape index (κ2) is 8.19. The molecule has 1 heterocycles. The number of hydrogen-bond acceptors (Lipinski definition) is 3. The normalized spacial score (nSPS) is 18.2. The van der Waals surface area contributed by atoms with Gasteiger partial charge in [0.05, 0.1) is 22.5 Å². The molecule has 0 spiro atoms. The molecular weight excluding hydrogens is 349 g/mol. The van der Waals surface area contributed by atoms with Crippen molar-refractivity contribution in [3.63, 3.8) is 0 Å². The molecule has 24 heavy (non-hydrogen) atoms. The van der Waals surface area contributed by atoms with Crippen LogP contribution in [0.2, 0.25) is 10.0 Å². The zero-order valence-electron chi connectivity index (χ0n) is 14.3. The van der Waals surface area contributed by atoms with E-state index >= 15 is 0 Å². The third kappa shape index (κ3) is 4.85. The van der Waals surface area contributed by atoms with Crippen molar-refractivity contribution in [1.82, 2.24) is 14.7 Å². The van der Waals surface area contributed by atoms with Crippen molar-refractivity contribution in [2.24, 2.45) is 0 Å². The van der Waals surface area contributed by atoms with Gasteiger partial charge >= 0.3 is 0 Å². The Morgan fingerprint density at radius 1 is 1.21 bits per heavy atom. The summed E-state index contributed by atoms with van der Waals surface area (Å²) in [5, 5.41) is 0.932. The lowest BCUT2D eigenvalue weighted by Crippen LogP contribution is -2.59. The molecule has 5 nitrogen and oxygen atoms in total. The van der Waals surface area contributed by atoms with E-state index in [0.29, 0.717) is 29.7 Å². The van der Waals surface area contributed by atoms with Crippen molar-refractivity contribution in [3.05, 3.63) is 33.8 Å². The van der Waals surface area contributed by atoms with Crippen LogP contribution in [-0.2, 0) is 16.0 Å². The highest BCUT2D eigenvalue weighted by Crippen LogP contribution is 2.23. The lowest BCUT2D eigenvalue weighted by molar-refractivity contribution is -0.141. The van der Waals surface area contributed by atoms with E-state index in [4.69, 9.17) is 23.2 Å². The molecule has 0 saturated carbocycles. The molecule has 1 atom stereocenters. The number of carbonyl (C=O) groups excluding carboxylic acids is 2. The maximum Gasteiger partial charge on any atom is 0.227 e. The first-order valence-electron chi connectivity index (χ1n) is 7.91. The van der Waals surface area contributed by atoms with Gasteiger partial charge in [0, 0.05) is 33.1 Å². The maximum atomic E-state index is 12.8. The quantitative estimate of drug-likeness (QED) is 0.814. The second-order valence-corrected chi connectivity index (χ2v) is 7.21. The monoisotopic (exact) mass is 371 g/mol. The second-order valence-electron chi connectivity index (χ2n) is 6.39. The molecular formula is C17H23Cl2N3O2. The van der Waals surface area contributed by atoms with Crippen LogP contribution in [0.25, 0.3) is 0 Å². The van der Waals surface area contributed by atoms with Crippen LogP contribution >= 0.6 is 23.2 Å². The highest BCUT2D eigenvalue weighted by molar-refractivity contribution is 6.42. The smallest absolute Gasteiger partial charge is 0.227 e. The van der Waals surface area contributed by atoms with Gasteiger partial charge in [-0.25, -0.2) is 0 Å². The highest BCUT2D eigenvalue weighted by Gasteiger charge is 2.31. The van der Waals surface area contributed by atoms with E-state index in [2.05, 4.69) is 0 Å². The minimum absolute atomic E-state index is 0.00655. The van der Waals surface area contributed by atoms with E-state index in [1.807, 2.05) is 30.0 Å². The third-order valence-corrected chi connectivity index (χ3v) is 4.90. The van der Waals surface area contributed by atoms with E-state index in [1.54, 1.807) is 24.0 Å². The Morgan fingerprint density at radius 3 is 2.50 bits per heavy atom. The molecule has 0 radical (unpaired) electrons. The summed E-state index contributed by atoms with van der Waals surface area (Å²) in [4.78, 5) is 30.1. The number of piperazine rings is 1. The van der Waals surface area contributed by atoms with Gasteiger partial charge in [-0.3, -0.25) is 9.59 Å². The Hall–Kier alpha value is -1.30. The summed E-state index contributed by atoms with van der Waals surface area (Å²) < 4.78 is 0. The minimum atomic E-state index is -0.00655. The predicted molar refractivity (Wildman–Crippen MR) is 96.5 cm³/mol. The first-order chi connectivity index (χ1) is 11.3. The Labute approximate surface area is 153 Å². The van der Waals surface area contributed by atoms with E-state index in [-0.39, 0.29) is 24.3 Å². The molecule has 0 aliphatic carbocycles. The van der Waals surface area contributed by atoms with Crippen LogP contribution in [0.3, 0.4) is 0 Å². The third-order valence-electron chi connectivity index (χ3n) is 4.16. The van der Waals surface area contributed by atoms with Crippen LogP contribution in [-0.4, -0.2) is 72.8 Å². The Morgan fingerprint density at radius 2 is 1.92 bits per heavy atom. The largest absolute Gasteiger partial charge is 0.339 e. The molecule has 0 bridgehead atoms. The van der Waals surface area contributed by atoms with Gasteiger partial charge in [-0.1, -0.05) is 29.3 Å². The summed E-state index contributed by atoms with van der Waals surface area (Å²) >= 11 is 11.9. The van der Waals surface area contributed by atoms with E-state index in [1.165, 1.54) is 0 Å². The molecule has 132 valence electrons. The summed E-state index contributed by atoms with van der Waals surface area (Å²) in [6, 6.07) is 5.25. The van der Waals surface area contributed by atoms with Gasteiger partial charge in [-0.2, -0.15) is 0 Å². The first-order valence-corrected chi connectivity index (χ1v) is 8.67. The molecule has 0 aromatic heterocycles. The average Bonchev–Trinajstić information content (AvgIpc) is 2.50. The molecule has 1 aromatic rings. The predicted octanol–water partition coefficient (Wildman–Crippen LogP) is 2.16. The average molecular weight is 372 g/mol. The van der Waals surface area contributed by atoms with Crippen LogP contribution in [0.1, 0.15) is 12.5 Å². The van der Waals surface area contributed by atoms with Crippen LogP contribution in [0.5, 0.6) is 0 Å². The molecule has 1 saturated heterocycles. The number of halogens is 2. The van der Waals surface area contributed by atoms with Crippen molar-refractivity contribution >= 4 is 35.0 Å². The molecule has 2 amide bonds. The van der Waals surface area contributed by atoms with Gasteiger partial charge in [0.2, 0.25) is 11.8 Å². The topological polar surface area (TPSA) is 43.9 Å². The summed E-state index contributed by atoms with van der Waals surface area (Å²) in [6.07, 6.45) is 0.279. The molecule has 1 unspecified atom stereocenters. The van der Waals surface area contributed by atoms with Gasteiger partial charge in [0.25, 0.3) is 0 Å². The number of amides is 2. The lowest BCUT2D eigenvalue weighted by Gasteiger charge is -2.42. The number of nitrogens with zero attached hydrogens (tertiary/aromatic N) is 3. The summed E-state index contributed by atoms with van der Waals surface area (Å²) in [6.45, 7) is 3.99. The van der Waals surface area contributed by atoms with Crippen molar-refractivity contribution in [2.45, 2.75) is 19.4 Å². The molecule has 7 heteroatoms. The molecule has 1 aromatic carbocycles. The zero-order chi connectivity index (χ0) is 17.9. The zero-order valence-corrected chi connectivity index (χ0v) is 15.8. The Bertz CT molecular complexity index is 622. The van der Waals surface area contributed by atoms with E-state index in [9.17, 15) is 9.59 Å². The van der Waals surface area contributed by atoms with Gasteiger partial charge in [-0.15, -0.1) is 0 Å². The fourth-order valence-electron chi connectivity index (χ4n) is 2.97. The number of hydrogen-bond donors (Lipinski definition) is 0. The minimum Gasteiger partial charge on any atom is -0.339 e. The summed E-state index contributed by atoms with van der Waals surface area (Å²) in [5.74, 6) is 0.0961. The number of benzene rings is 1. The highest BCUT2D eigenvalue weighted by atomic mass is 35.5. The first kappa shape index (κ1) is 19.0. The van der Waals surface area contributed by atoms with Crippen LogP contribution < -0.4 is 0 Å². The van der Waals surface area contributed by atoms with Gasteiger partial charge in [0.1, 0.15) is 0 Å². The fraction of sp³-hybridized carbons (Fsp3) is 0.529. The number of rotatable bonds is 4. The van der Waals surface area contributed by atoms with E-state index < -0.39 is 0 Å². The molecule has 1 aliphatic rings. The van der Waals surface area contributed by atoms with Crippen molar-refractivity contribution in [1.29, 1.82) is 0 Å². The Kier molecular flexibility index (Phi) is 6.49. The van der Waals surface area contributed by atoms with Crippen LogP contribution in [0, 0.1) is 0 Å². The molecule has 1 aliphatic heterocycles. The van der Waals surface area contributed by atoms with Crippen molar-refractivity contribution in [2.75, 3.05) is 40.3 Å². The van der Waals surface area contributed by atoms with E-state index in [0.717, 1.165) is 12.1 Å². The van der Waals surface area contributed by atoms with Crippen LogP contribution in [0.4, 0.5) is 0 Å². The van der Waals surface area contributed by atoms with Crippen molar-refractivity contribution in [3.8, 4) is 0 Å². The lowest BCUT2D eigenvalue weighted by atomic mass is 10.1. The van der Waals surface area contributed by atoms with Crippen molar-refractivity contribution < 1.29 is 9.59 Å². The SMILES string of the molecule is CC(=O)N1CCN(C(=O)Cc2ccc(Cl)c(Cl)c2)C(CN(C)C)C1. The van der Waals surface area contributed by atoms with Gasteiger partial charge in [-0.05, 0) is 31.8 Å². The number of likely N-dealkylation sites (N-methyl/N-ethyl adjacent to an activating group) is 1. The fourth-order valence-corrected chi connectivity index (χ4v) is 3.29. The number of carbonyl (C=O) groups is 2. The standard InChI is InChI=1S/C17H23Cl2N3O2/c1-12(23)21-6-7-22(14(11-21)10-20(2)3)17(24)9-13-4-5-15(18)16(19)8-13/h4-5,8,14H,6-7,9-11H2,1-3H3. The molecule has 1 fully saturated rings. The van der Waals surface area contributed by atoms with Gasteiger partial charge in [0.15, 0.2) is 0 Å². The van der Waals surface area contributed by atoms with Crippen LogP contribution in [0.15, 0.2) is 18.2 Å².